The lowest BCUT2D eigenvalue weighted by atomic mass is 10.1. The van der Waals surface area contributed by atoms with Crippen molar-refractivity contribution in [3.8, 4) is 5.75 Å². The lowest BCUT2D eigenvalue weighted by Crippen LogP contribution is -2.40. The Bertz CT molecular complexity index is 1590. The maximum atomic E-state index is 13.4. The van der Waals surface area contributed by atoms with Crippen LogP contribution in [0.25, 0.3) is 10.9 Å². The number of carbonyl (C=O) groups excluding carboxylic acids is 1. The van der Waals surface area contributed by atoms with Crippen LogP contribution in [0.5, 0.6) is 5.75 Å². The number of nitrogens with one attached hydrogen (secondary N) is 3. The summed E-state index contributed by atoms with van der Waals surface area (Å²) < 4.78 is 49.6. The molecule has 0 bridgehead atoms. The van der Waals surface area contributed by atoms with E-state index in [2.05, 4.69) is 20.5 Å². The molecular formula is C25H25ClFN5O4S2. The van der Waals surface area contributed by atoms with Crippen molar-refractivity contribution in [3.63, 3.8) is 0 Å². The fourth-order valence-corrected chi connectivity index (χ4v) is 6.89. The summed E-state index contributed by atoms with van der Waals surface area (Å²) in [7, 11) is -2.41. The molecule has 2 atom stereocenters. The van der Waals surface area contributed by atoms with E-state index in [-0.39, 0.29) is 28.9 Å². The minimum atomic E-state index is -3.92. The Morgan fingerprint density at radius 1 is 1.24 bits per heavy atom. The second kappa shape index (κ2) is 10.9. The summed E-state index contributed by atoms with van der Waals surface area (Å²) >= 11 is 6.89. The molecule has 1 amide bonds. The van der Waals surface area contributed by atoms with Crippen LogP contribution in [0.3, 0.4) is 0 Å². The highest BCUT2D eigenvalue weighted by Gasteiger charge is 2.29. The zero-order valence-electron chi connectivity index (χ0n) is 20.3. The van der Waals surface area contributed by atoms with Gasteiger partial charge in [0.15, 0.2) is 5.82 Å². The second-order valence-electron chi connectivity index (χ2n) is 8.86. The summed E-state index contributed by atoms with van der Waals surface area (Å²) in [4.78, 5) is 12.3. The number of fused-ring (bicyclic) bond motifs is 1. The van der Waals surface area contributed by atoms with Gasteiger partial charge in [0.05, 0.1) is 34.9 Å². The van der Waals surface area contributed by atoms with Crippen LogP contribution >= 0.6 is 22.9 Å². The van der Waals surface area contributed by atoms with Crippen molar-refractivity contribution < 1.29 is 22.3 Å². The van der Waals surface area contributed by atoms with Crippen molar-refractivity contribution in [3.05, 3.63) is 70.1 Å². The highest BCUT2D eigenvalue weighted by atomic mass is 35.5. The summed E-state index contributed by atoms with van der Waals surface area (Å²) in [5, 5.41) is 10.8. The van der Waals surface area contributed by atoms with Crippen LogP contribution in [0.4, 0.5) is 10.2 Å². The van der Waals surface area contributed by atoms with E-state index in [1.807, 2.05) is 36.4 Å². The number of nitrogens with zero attached hydrogens (tertiary/aromatic N) is 2. The fourth-order valence-electron chi connectivity index (χ4n) is 4.39. The Kier molecular flexibility index (Phi) is 7.57. The summed E-state index contributed by atoms with van der Waals surface area (Å²) in [6.45, 7) is 0.824. The van der Waals surface area contributed by atoms with Gasteiger partial charge >= 0.3 is 0 Å². The Morgan fingerprint density at radius 2 is 2.03 bits per heavy atom. The van der Waals surface area contributed by atoms with Gasteiger partial charge in [-0.25, -0.2) is 12.8 Å². The lowest BCUT2D eigenvalue weighted by molar-refractivity contribution is -0.123. The van der Waals surface area contributed by atoms with Crippen LogP contribution < -0.4 is 20.1 Å². The van der Waals surface area contributed by atoms with Gasteiger partial charge in [0.1, 0.15) is 16.1 Å². The number of carbonyl (C=O) groups is 1. The molecule has 3 N–H and O–H groups in total. The van der Waals surface area contributed by atoms with Gasteiger partial charge in [0.25, 0.3) is 10.0 Å². The number of benzene rings is 2. The van der Waals surface area contributed by atoms with Crippen LogP contribution in [-0.2, 0) is 27.9 Å². The maximum absolute atomic E-state index is 13.4. The van der Waals surface area contributed by atoms with Gasteiger partial charge in [-0.15, -0.1) is 11.3 Å². The summed E-state index contributed by atoms with van der Waals surface area (Å²) in [6, 6.07) is 15.4. The topological polar surface area (TPSA) is 114 Å². The van der Waals surface area contributed by atoms with E-state index in [0.29, 0.717) is 34.1 Å². The van der Waals surface area contributed by atoms with Crippen LogP contribution in [0, 0.1) is 0 Å². The molecule has 38 heavy (non-hydrogen) atoms. The summed E-state index contributed by atoms with van der Waals surface area (Å²) in [6.07, 6.45) is -0.832. The smallest absolute Gasteiger partial charge is 0.272 e. The van der Waals surface area contributed by atoms with Gasteiger partial charge in [-0.3, -0.25) is 14.2 Å². The number of halogens is 2. The molecule has 3 heterocycles. The van der Waals surface area contributed by atoms with E-state index in [4.69, 9.17) is 16.3 Å². The molecule has 13 heteroatoms. The molecule has 0 radical (unpaired) electrons. The number of aromatic nitrogens is 2. The number of anilines is 1. The molecule has 0 aliphatic carbocycles. The first-order valence-electron chi connectivity index (χ1n) is 11.8. The quantitative estimate of drug-likeness (QED) is 0.278. The first kappa shape index (κ1) is 26.4. The third-order valence-corrected chi connectivity index (χ3v) is 9.25. The molecule has 1 aliphatic heterocycles. The van der Waals surface area contributed by atoms with Gasteiger partial charge < -0.3 is 15.4 Å². The molecule has 5 rings (SSSR count). The molecule has 0 spiro atoms. The second-order valence-corrected chi connectivity index (χ2v) is 12.5. The SMILES string of the molecule is COc1cccc2c1c(NS(=O)(=O)c1ccc(Cl)s1)nn2Cc1cccc(CNC(=O)C2C[C@@H](F)CN2)c1. The van der Waals surface area contributed by atoms with Gasteiger partial charge in [0, 0.05) is 19.5 Å². The number of hydrogen-bond donors (Lipinski definition) is 3. The van der Waals surface area contributed by atoms with Crippen LogP contribution in [0.1, 0.15) is 17.5 Å². The molecule has 9 nitrogen and oxygen atoms in total. The largest absolute Gasteiger partial charge is 0.496 e. The molecule has 200 valence electrons. The van der Waals surface area contributed by atoms with Crippen molar-refractivity contribution >= 4 is 55.6 Å². The third kappa shape index (κ3) is 5.63. The Morgan fingerprint density at radius 3 is 2.74 bits per heavy atom. The van der Waals surface area contributed by atoms with Crippen molar-refractivity contribution in [2.24, 2.45) is 0 Å². The van der Waals surface area contributed by atoms with E-state index in [1.54, 1.807) is 10.7 Å². The zero-order valence-corrected chi connectivity index (χ0v) is 22.7. The number of rotatable bonds is 9. The first-order valence-corrected chi connectivity index (χ1v) is 14.5. The number of sulfonamides is 1. The molecule has 4 aromatic rings. The van der Waals surface area contributed by atoms with E-state index in [1.165, 1.54) is 19.2 Å². The Labute approximate surface area is 228 Å². The Balaban J connectivity index is 1.39. The zero-order chi connectivity index (χ0) is 26.9. The summed E-state index contributed by atoms with van der Waals surface area (Å²) in [5.74, 6) is 0.383. The molecule has 2 aromatic carbocycles. The van der Waals surface area contributed by atoms with Crippen molar-refractivity contribution in [2.75, 3.05) is 18.4 Å². The average molecular weight is 578 g/mol. The van der Waals surface area contributed by atoms with Gasteiger partial charge in [-0.05, 0) is 35.4 Å². The molecule has 2 aromatic heterocycles. The Hall–Kier alpha value is -3.19. The molecule has 1 fully saturated rings. The molecular weight excluding hydrogens is 553 g/mol. The van der Waals surface area contributed by atoms with Crippen molar-refractivity contribution in [1.82, 2.24) is 20.4 Å². The standard InChI is InChI=1S/C25H25ClFN5O4S2/c1-36-20-7-3-6-19-23(20)24(31-38(34,35)22-9-8-21(26)37-22)30-32(19)14-16-5-2-4-15(10-16)12-29-25(33)18-11-17(27)13-28-18/h2-10,17-18,28H,11-14H2,1H3,(H,29,33)(H,30,31)/t17-,18?/m1/s1. The average Bonchev–Trinajstić information content (AvgIpc) is 3.62. The molecule has 1 unspecified atom stereocenters. The number of methoxy groups -OCH3 is 1. The number of amides is 1. The fraction of sp³-hybridized carbons (Fsp3) is 0.280. The lowest BCUT2D eigenvalue weighted by Gasteiger charge is -2.12. The monoisotopic (exact) mass is 577 g/mol. The van der Waals surface area contributed by atoms with Crippen molar-refractivity contribution in [2.45, 2.75) is 35.9 Å². The van der Waals surface area contributed by atoms with E-state index < -0.39 is 22.2 Å². The van der Waals surface area contributed by atoms with E-state index in [9.17, 15) is 17.6 Å². The van der Waals surface area contributed by atoms with Gasteiger partial charge in [-0.2, -0.15) is 5.10 Å². The molecule has 1 saturated heterocycles. The predicted octanol–water partition coefficient (Wildman–Crippen LogP) is 3.93. The van der Waals surface area contributed by atoms with Gasteiger partial charge in [0.2, 0.25) is 5.91 Å². The predicted molar refractivity (Wildman–Crippen MR) is 145 cm³/mol. The number of hydrogen-bond acceptors (Lipinski definition) is 7. The highest BCUT2D eigenvalue weighted by Crippen LogP contribution is 2.35. The molecule has 1 aliphatic rings. The van der Waals surface area contributed by atoms with Crippen LogP contribution in [0.15, 0.2) is 58.8 Å². The first-order chi connectivity index (χ1) is 18.2. The number of ether oxygens (including phenoxy) is 1. The van der Waals surface area contributed by atoms with Crippen LogP contribution in [0.2, 0.25) is 4.34 Å². The number of thiophene rings is 1. The summed E-state index contributed by atoms with van der Waals surface area (Å²) in [5.41, 5.74) is 2.44. The van der Waals surface area contributed by atoms with E-state index >= 15 is 0 Å². The minimum Gasteiger partial charge on any atom is -0.496 e. The van der Waals surface area contributed by atoms with Crippen LogP contribution in [-0.4, -0.2) is 50.0 Å². The highest BCUT2D eigenvalue weighted by molar-refractivity contribution is 7.94. The molecule has 0 saturated carbocycles. The minimum absolute atomic E-state index is 0.0738. The van der Waals surface area contributed by atoms with Gasteiger partial charge in [-0.1, -0.05) is 41.9 Å². The normalized spacial score (nSPS) is 17.6. The third-order valence-electron chi connectivity index (χ3n) is 6.19. The maximum Gasteiger partial charge on any atom is 0.272 e. The van der Waals surface area contributed by atoms with E-state index in [0.717, 1.165) is 22.5 Å². The van der Waals surface area contributed by atoms with Crippen molar-refractivity contribution in [1.29, 1.82) is 0 Å². The number of alkyl halides is 1.